The van der Waals surface area contributed by atoms with Gasteiger partial charge in [0.25, 0.3) is 0 Å². The summed E-state index contributed by atoms with van der Waals surface area (Å²) in [6.45, 7) is 1.79. The number of rotatable bonds is 2. The summed E-state index contributed by atoms with van der Waals surface area (Å²) in [4.78, 5) is 11.2. The van der Waals surface area contributed by atoms with Crippen LogP contribution in [0.3, 0.4) is 0 Å². The third kappa shape index (κ3) is 1.96. The molecule has 1 aromatic carbocycles. The van der Waals surface area contributed by atoms with E-state index in [1.165, 1.54) is 0 Å². The van der Waals surface area contributed by atoms with Crippen molar-refractivity contribution >= 4 is 5.97 Å². The number of benzene rings is 1. The van der Waals surface area contributed by atoms with Gasteiger partial charge in [-0.2, -0.15) is 0 Å². The molecule has 0 spiro atoms. The van der Waals surface area contributed by atoms with Gasteiger partial charge in [0.05, 0.1) is 0 Å². The number of hydrogen-bond acceptors (Lipinski definition) is 3. The summed E-state index contributed by atoms with van der Waals surface area (Å²) < 4.78 is 5.31. The number of phenolic OH excluding ortho intramolecular Hbond substituents is 1. The lowest BCUT2D eigenvalue weighted by Gasteiger charge is -2.12. The molecule has 1 aliphatic carbocycles. The maximum atomic E-state index is 11.2. The van der Waals surface area contributed by atoms with Gasteiger partial charge in [0, 0.05) is 6.42 Å². The highest BCUT2D eigenvalue weighted by atomic mass is 16.5. The molecular formula is C12H14O3. The molecule has 0 aromatic heterocycles. The fourth-order valence-corrected chi connectivity index (χ4v) is 1.93. The number of hydrogen-bond donors (Lipinski definition) is 1. The molecule has 1 N–H and O–H groups in total. The number of phenols is 1. The highest BCUT2D eigenvalue weighted by Crippen LogP contribution is 2.35. The normalized spacial score (nSPS) is 18.6. The van der Waals surface area contributed by atoms with Crippen molar-refractivity contribution in [1.82, 2.24) is 0 Å². The summed E-state index contributed by atoms with van der Waals surface area (Å²) in [5.41, 5.74) is 2.12. The third-order valence-corrected chi connectivity index (χ3v) is 2.71. The summed E-state index contributed by atoms with van der Waals surface area (Å²) >= 11 is 0. The van der Waals surface area contributed by atoms with Gasteiger partial charge in [-0.15, -0.1) is 0 Å². The van der Waals surface area contributed by atoms with Gasteiger partial charge in [0.2, 0.25) is 0 Å². The van der Waals surface area contributed by atoms with Crippen molar-refractivity contribution in [1.29, 1.82) is 0 Å². The highest BCUT2D eigenvalue weighted by Gasteiger charge is 2.25. The minimum Gasteiger partial charge on any atom is -0.508 e. The molecule has 1 aromatic rings. The van der Waals surface area contributed by atoms with Crippen molar-refractivity contribution in [2.24, 2.45) is 0 Å². The van der Waals surface area contributed by atoms with Crippen LogP contribution < -0.4 is 0 Å². The zero-order valence-electron chi connectivity index (χ0n) is 8.69. The van der Waals surface area contributed by atoms with Gasteiger partial charge >= 0.3 is 5.97 Å². The Morgan fingerprint density at radius 2 is 2.40 bits per heavy atom. The fourth-order valence-electron chi connectivity index (χ4n) is 1.93. The summed E-state index contributed by atoms with van der Waals surface area (Å²) in [7, 11) is 0. The Morgan fingerprint density at radius 3 is 3.13 bits per heavy atom. The van der Waals surface area contributed by atoms with E-state index in [1.807, 2.05) is 6.07 Å². The molecular weight excluding hydrogens is 192 g/mol. The van der Waals surface area contributed by atoms with Crippen LogP contribution in [0, 0.1) is 0 Å². The smallest absolute Gasteiger partial charge is 0.306 e. The first kappa shape index (κ1) is 10.0. The quantitative estimate of drug-likeness (QED) is 0.755. The standard InChI is InChI=1S/C12H14O3/c1-2-12(14)15-11-6-3-8-7-9(13)4-5-10(8)11/h4-5,7,11,13H,2-3,6H2,1H3/t11-/m1/s1. The van der Waals surface area contributed by atoms with Crippen LogP contribution >= 0.6 is 0 Å². The van der Waals surface area contributed by atoms with E-state index in [-0.39, 0.29) is 17.8 Å². The van der Waals surface area contributed by atoms with Gasteiger partial charge in [-0.1, -0.05) is 13.0 Å². The molecule has 0 saturated heterocycles. The Hall–Kier alpha value is -1.51. The van der Waals surface area contributed by atoms with Crippen molar-refractivity contribution in [2.45, 2.75) is 32.3 Å². The molecule has 0 unspecified atom stereocenters. The first-order valence-electron chi connectivity index (χ1n) is 5.22. The van der Waals surface area contributed by atoms with E-state index in [4.69, 9.17) is 4.74 Å². The molecule has 15 heavy (non-hydrogen) atoms. The fraction of sp³-hybridized carbons (Fsp3) is 0.417. The Morgan fingerprint density at radius 1 is 1.60 bits per heavy atom. The predicted molar refractivity (Wildman–Crippen MR) is 55.6 cm³/mol. The third-order valence-electron chi connectivity index (χ3n) is 2.71. The van der Waals surface area contributed by atoms with Gasteiger partial charge < -0.3 is 9.84 Å². The number of fused-ring (bicyclic) bond motifs is 1. The Labute approximate surface area is 88.7 Å². The van der Waals surface area contributed by atoms with Crippen LogP contribution in [0.4, 0.5) is 0 Å². The molecule has 0 amide bonds. The monoisotopic (exact) mass is 206 g/mol. The minimum atomic E-state index is -0.166. The van der Waals surface area contributed by atoms with Gasteiger partial charge in [0.1, 0.15) is 11.9 Å². The molecule has 0 saturated carbocycles. The number of carbonyl (C=O) groups is 1. The van der Waals surface area contributed by atoms with Crippen LogP contribution in [0.25, 0.3) is 0 Å². The molecule has 0 radical (unpaired) electrons. The van der Waals surface area contributed by atoms with Gasteiger partial charge in [-0.25, -0.2) is 0 Å². The van der Waals surface area contributed by atoms with Gasteiger partial charge in [-0.05, 0) is 36.1 Å². The summed E-state index contributed by atoms with van der Waals surface area (Å²) in [6.07, 6.45) is 1.98. The lowest BCUT2D eigenvalue weighted by molar-refractivity contribution is -0.148. The second-order valence-electron chi connectivity index (χ2n) is 3.75. The zero-order chi connectivity index (χ0) is 10.8. The van der Waals surface area contributed by atoms with E-state index in [2.05, 4.69) is 0 Å². The number of aryl methyl sites for hydroxylation is 1. The van der Waals surface area contributed by atoms with Crippen LogP contribution in [0.1, 0.15) is 37.0 Å². The van der Waals surface area contributed by atoms with Crippen molar-refractivity contribution in [2.75, 3.05) is 0 Å². The molecule has 0 fully saturated rings. The molecule has 0 aliphatic heterocycles. The molecule has 0 bridgehead atoms. The number of ether oxygens (including phenoxy) is 1. The maximum Gasteiger partial charge on any atom is 0.306 e. The summed E-state index contributed by atoms with van der Waals surface area (Å²) in [5, 5.41) is 9.30. The topological polar surface area (TPSA) is 46.5 Å². The van der Waals surface area contributed by atoms with Gasteiger partial charge in [0.15, 0.2) is 0 Å². The van der Waals surface area contributed by atoms with Gasteiger partial charge in [-0.3, -0.25) is 4.79 Å². The minimum absolute atomic E-state index is 0.118. The van der Waals surface area contributed by atoms with Crippen LogP contribution in [-0.2, 0) is 16.0 Å². The average Bonchev–Trinajstić information content (AvgIpc) is 2.60. The van der Waals surface area contributed by atoms with E-state index >= 15 is 0 Å². The van der Waals surface area contributed by atoms with E-state index in [0.717, 1.165) is 24.0 Å². The highest BCUT2D eigenvalue weighted by molar-refractivity contribution is 5.69. The number of esters is 1. The molecule has 3 heteroatoms. The molecule has 1 atom stereocenters. The molecule has 1 aliphatic rings. The second kappa shape index (κ2) is 3.93. The largest absolute Gasteiger partial charge is 0.508 e. The Bertz CT molecular complexity index is 384. The number of carbonyl (C=O) groups excluding carboxylic acids is 1. The summed E-state index contributed by atoms with van der Waals surface area (Å²) in [6, 6.07) is 5.22. The SMILES string of the molecule is CCC(=O)O[C@@H]1CCc2cc(O)ccc21. The molecule has 80 valence electrons. The van der Waals surface area contributed by atoms with E-state index in [1.54, 1.807) is 19.1 Å². The molecule has 3 nitrogen and oxygen atoms in total. The lowest BCUT2D eigenvalue weighted by Crippen LogP contribution is -2.07. The van der Waals surface area contributed by atoms with Crippen LogP contribution in [-0.4, -0.2) is 11.1 Å². The van der Waals surface area contributed by atoms with Crippen molar-refractivity contribution in [3.8, 4) is 5.75 Å². The number of aromatic hydroxyl groups is 1. The first-order valence-corrected chi connectivity index (χ1v) is 5.22. The molecule has 0 heterocycles. The zero-order valence-corrected chi connectivity index (χ0v) is 8.69. The predicted octanol–water partition coefficient (Wildman–Crippen LogP) is 2.33. The van der Waals surface area contributed by atoms with Crippen molar-refractivity contribution in [3.63, 3.8) is 0 Å². The van der Waals surface area contributed by atoms with Crippen LogP contribution in [0.2, 0.25) is 0 Å². The Balaban J connectivity index is 2.18. The summed E-state index contributed by atoms with van der Waals surface area (Å²) in [5.74, 6) is 0.108. The first-order chi connectivity index (χ1) is 7.20. The van der Waals surface area contributed by atoms with Crippen molar-refractivity contribution < 1.29 is 14.6 Å². The van der Waals surface area contributed by atoms with Crippen molar-refractivity contribution in [3.05, 3.63) is 29.3 Å². The average molecular weight is 206 g/mol. The second-order valence-corrected chi connectivity index (χ2v) is 3.75. The Kier molecular flexibility index (Phi) is 2.62. The maximum absolute atomic E-state index is 11.2. The van der Waals surface area contributed by atoms with E-state index in [9.17, 15) is 9.90 Å². The lowest BCUT2D eigenvalue weighted by atomic mass is 10.1. The van der Waals surface area contributed by atoms with Crippen LogP contribution in [0.5, 0.6) is 5.75 Å². The molecule has 2 rings (SSSR count). The van der Waals surface area contributed by atoms with Crippen LogP contribution in [0.15, 0.2) is 18.2 Å². The van der Waals surface area contributed by atoms with E-state index < -0.39 is 0 Å². The van der Waals surface area contributed by atoms with E-state index in [0.29, 0.717) is 6.42 Å².